The van der Waals surface area contributed by atoms with E-state index in [0.717, 1.165) is 61.9 Å². The summed E-state index contributed by atoms with van der Waals surface area (Å²) < 4.78 is 2.23. The van der Waals surface area contributed by atoms with Crippen molar-refractivity contribution in [1.82, 2.24) is 14.5 Å². The Bertz CT molecular complexity index is 755. The minimum atomic E-state index is 0.254. The van der Waals surface area contributed by atoms with Gasteiger partial charge in [-0.1, -0.05) is 6.92 Å². The van der Waals surface area contributed by atoms with E-state index >= 15 is 0 Å². The van der Waals surface area contributed by atoms with Gasteiger partial charge < -0.3 is 9.47 Å². The lowest BCUT2D eigenvalue weighted by atomic mass is 9.90. The van der Waals surface area contributed by atoms with Gasteiger partial charge in [0.2, 0.25) is 0 Å². The number of likely N-dealkylation sites (tertiary alicyclic amines) is 1. The zero-order chi connectivity index (χ0) is 17.4. The largest absolute Gasteiger partial charge is 0.338 e. The molecule has 0 saturated carbocycles. The number of hydrogen-bond donors (Lipinski definition) is 0. The number of rotatable bonds is 3. The van der Waals surface area contributed by atoms with Crippen LogP contribution in [0, 0.1) is 18.8 Å². The van der Waals surface area contributed by atoms with Crippen molar-refractivity contribution in [3.05, 3.63) is 39.6 Å². The van der Waals surface area contributed by atoms with Crippen molar-refractivity contribution in [3.8, 4) is 0 Å². The first-order valence-electron chi connectivity index (χ1n) is 9.48. The highest BCUT2D eigenvalue weighted by Crippen LogP contribution is 2.33. The molecule has 5 heteroatoms. The topological polar surface area (TPSA) is 38.1 Å². The van der Waals surface area contributed by atoms with E-state index < -0.39 is 0 Å². The first kappa shape index (κ1) is 16.8. The molecular formula is C20H27N3OS. The lowest BCUT2D eigenvalue weighted by molar-refractivity contribution is 0.0687. The molecule has 0 radical (unpaired) electrons. The van der Waals surface area contributed by atoms with Crippen molar-refractivity contribution in [2.45, 2.75) is 52.5 Å². The van der Waals surface area contributed by atoms with Gasteiger partial charge in [0.15, 0.2) is 0 Å². The molecule has 3 heterocycles. The number of hydrogen-bond acceptors (Lipinski definition) is 3. The predicted octanol–water partition coefficient (Wildman–Crippen LogP) is 3.93. The molecule has 1 amide bonds. The zero-order valence-electron chi connectivity index (χ0n) is 15.2. The molecule has 1 aliphatic carbocycles. The molecule has 2 aliphatic rings. The number of imidazole rings is 1. The molecule has 0 bridgehead atoms. The molecule has 134 valence electrons. The SMILES string of the molecule is Cc1nccn1CC1CCN(C(=O)c2cc3c(s2)CC[C@@H](C)C3)CC1. The summed E-state index contributed by atoms with van der Waals surface area (Å²) in [6.07, 6.45) is 9.67. The number of thiophene rings is 1. The molecule has 0 N–H and O–H groups in total. The molecule has 25 heavy (non-hydrogen) atoms. The number of amides is 1. The van der Waals surface area contributed by atoms with E-state index in [4.69, 9.17) is 0 Å². The minimum Gasteiger partial charge on any atom is -0.338 e. The normalized spacial score (nSPS) is 21.4. The highest BCUT2D eigenvalue weighted by molar-refractivity contribution is 7.14. The molecule has 2 aromatic rings. The summed E-state index contributed by atoms with van der Waals surface area (Å²) in [5.74, 6) is 2.74. The summed E-state index contributed by atoms with van der Waals surface area (Å²) in [7, 11) is 0. The molecule has 1 saturated heterocycles. The van der Waals surface area contributed by atoms with Crippen LogP contribution in [-0.4, -0.2) is 33.4 Å². The summed E-state index contributed by atoms with van der Waals surface area (Å²) in [6, 6.07) is 2.18. The van der Waals surface area contributed by atoms with Gasteiger partial charge in [0.1, 0.15) is 5.82 Å². The molecule has 4 nitrogen and oxygen atoms in total. The standard InChI is InChI=1S/C20H27N3OS/c1-14-3-4-18-17(11-14)12-19(25-18)20(24)22-8-5-16(6-9-22)13-23-10-7-21-15(23)2/h7,10,12,14,16H,3-6,8-9,11,13H2,1-2H3/t14-/m1/s1. The second kappa shape index (κ2) is 6.94. The number of aryl methyl sites for hydroxylation is 2. The second-order valence-corrected chi connectivity index (χ2v) is 8.91. The molecule has 1 fully saturated rings. The van der Waals surface area contributed by atoms with Gasteiger partial charge in [-0.15, -0.1) is 11.3 Å². The van der Waals surface area contributed by atoms with Crippen molar-refractivity contribution >= 4 is 17.2 Å². The lowest BCUT2D eigenvalue weighted by Gasteiger charge is -2.32. The number of piperidine rings is 1. The van der Waals surface area contributed by atoms with Crippen LogP contribution in [0.25, 0.3) is 0 Å². The number of nitrogens with zero attached hydrogens (tertiary/aromatic N) is 3. The Labute approximate surface area is 153 Å². The van der Waals surface area contributed by atoms with Crippen molar-refractivity contribution in [1.29, 1.82) is 0 Å². The third-order valence-electron chi connectivity index (χ3n) is 5.82. The fraction of sp³-hybridized carbons (Fsp3) is 0.600. The van der Waals surface area contributed by atoms with Crippen molar-refractivity contribution in [3.63, 3.8) is 0 Å². The third-order valence-corrected chi connectivity index (χ3v) is 7.05. The quantitative estimate of drug-likeness (QED) is 0.835. The highest BCUT2D eigenvalue weighted by Gasteiger charge is 2.27. The maximum absolute atomic E-state index is 12.9. The maximum atomic E-state index is 12.9. The second-order valence-electron chi connectivity index (χ2n) is 7.77. The molecule has 1 atom stereocenters. The van der Waals surface area contributed by atoms with Crippen LogP contribution in [0.3, 0.4) is 0 Å². The highest BCUT2D eigenvalue weighted by atomic mass is 32.1. The molecule has 2 aromatic heterocycles. The van der Waals surface area contributed by atoms with Gasteiger partial charge in [-0.05, 0) is 62.5 Å². The Morgan fingerprint density at radius 3 is 2.84 bits per heavy atom. The lowest BCUT2D eigenvalue weighted by Crippen LogP contribution is -2.39. The summed E-state index contributed by atoms with van der Waals surface area (Å²) in [5, 5.41) is 0. The first-order chi connectivity index (χ1) is 12.1. The Balaban J connectivity index is 1.36. The zero-order valence-corrected chi connectivity index (χ0v) is 16.0. The van der Waals surface area contributed by atoms with E-state index in [-0.39, 0.29) is 5.91 Å². The van der Waals surface area contributed by atoms with Crippen LogP contribution in [0.5, 0.6) is 0 Å². The van der Waals surface area contributed by atoms with Crippen molar-refractivity contribution < 1.29 is 4.79 Å². The Morgan fingerprint density at radius 1 is 1.32 bits per heavy atom. The number of aromatic nitrogens is 2. The third kappa shape index (κ3) is 3.52. The Kier molecular flexibility index (Phi) is 4.67. The number of fused-ring (bicyclic) bond motifs is 1. The van der Waals surface area contributed by atoms with Crippen molar-refractivity contribution in [2.24, 2.45) is 11.8 Å². The van der Waals surface area contributed by atoms with Gasteiger partial charge in [-0.2, -0.15) is 0 Å². The van der Waals surface area contributed by atoms with E-state index in [1.165, 1.54) is 16.9 Å². The van der Waals surface area contributed by atoms with Gasteiger partial charge in [-0.3, -0.25) is 4.79 Å². The van der Waals surface area contributed by atoms with Crippen molar-refractivity contribution in [2.75, 3.05) is 13.1 Å². The average molecular weight is 358 g/mol. The van der Waals surface area contributed by atoms with E-state index in [9.17, 15) is 4.79 Å². The Morgan fingerprint density at radius 2 is 2.12 bits per heavy atom. The molecule has 0 unspecified atom stereocenters. The van der Waals surface area contributed by atoms with E-state index in [1.54, 1.807) is 11.3 Å². The van der Waals surface area contributed by atoms with Crippen LogP contribution in [-0.2, 0) is 19.4 Å². The van der Waals surface area contributed by atoms with Gasteiger partial charge in [0, 0.05) is 36.9 Å². The summed E-state index contributed by atoms with van der Waals surface area (Å²) in [4.78, 5) is 21.7. The summed E-state index contributed by atoms with van der Waals surface area (Å²) in [5.41, 5.74) is 1.43. The number of carbonyl (C=O) groups is 1. The fourth-order valence-corrected chi connectivity index (χ4v) is 5.34. The van der Waals surface area contributed by atoms with Gasteiger partial charge in [-0.25, -0.2) is 4.98 Å². The smallest absolute Gasteiger partial charge is 0.263 e. The van der Waals surface area contributed by atoms with Gasteiger partial charge in [0.25, 0.3) is 5.91 Å². The number of carbonyl (C=O) groups excluding carboxylic acids is 1. The summed E-state index contributed by atoms with van der Waals surface area (Å²) in [6.45, 7) is 7.17. The maximum Gasteiger partial charge on any atom is 0.263 e. The van der Waals surface area contributed by atoms with E-state index in [0.29, 0.717) is 5.92 Å². The van der Waals surface area contributed by atoms with Crippen LogP contribution in [0.1, 0.15) is 52.1 Å². The molecule has 4 rings (SSSR count). The molecule has 1 aliphatic heterocycles. The minimum absolute atomic E-state index is 0.254. The van der Waals surface area contributed by atoms with Crippen LogP contribution < -0.4 is 0 Å². The first-order valence-corrected chi connectivity index (χ1v) is 10.3. The molecule has 0 aromatic carbocycles. The van der Waals surface area contributed by atoms with Crippen LogP contribution in [0.4, 0.5) is 0 Å². The monoisotopic (exact) mass is 357 g/mol. The Hall–Kier alpha value is -1.62. The molecule has 0 spiro atoms. The fourth-order valence-electron chi connectivity index (χ4n) is 4.16. The molecular weight excluding hydrogens is 330 g/mol. The van der Waals surface area contributed by atoms with Crippen LogP contribution in [0.2, 0.25) is 0 Å². The van der Waals surface area contributed by atoms with E-state index in [2.05, 4.69) is 40.6 Å². The average Bonchev–Trinajstić information content (AvgIpc) is 3.21. The predicted molar refractivity (Wildman–Crippen MR) is 101 cm³/mol. The van der Waals surface area contributed by atoms with Crippen LogP contribution in [0.15, 0.2) is 18.5 Å². The van der Waals surface area contributed by atoms with Gasteiger partial charge >= 0.3 is 0 Å². The van der Waals surface area contributed by atoms with Gasteiger partial charge in [0.05, 0.1) is 4.88 Å². The van der Waals surface area contributed by atoms with Crippen LogP contribution >= 0.6 is 11.3 Å². The van der Waals surface area contributed by atoms with E-state index in [1.807, 2.05) is 6.20 Å². The summed E-state index contributed by atoms with van der Waals surface area (Å²) >= 11 is 1.74.